The Labute approximate surface area is 168 Å². The minimum absolute atomic E-state index is 0.190. The number of anilines is 3. The molecule has 0 aromatic heterocycles. The highest BCUT2D eigenvalue weighted by molar-refractivity contribution is 6.19. The van der Waals surface area contributed by atoms with E-state index in [-0.39, 0.29) is 30.2 Å². The molecule has 0 atom stereocenters. The number of nitrogens with zero attached hydrogens (tertiary/aromatic N) is 2. The van der Waals surface area contributed by atoms with Gasteiger partial charge in [0.1, 0.15) is 0 Å². The van der Waals surface area contributed by atoms with Crippen LogP contribution in [0.2, 0.25) is 0 Å². The fourth-order valence-corrected chi connectivity index (χ4v) is 2.87. The molecule has 1 aliphatic heterocycles. The summed E-state index contributed by atoms with van der Waals surface area (Å²) in [6.07, 6.45) is 0.380. The monoisotopic (exact) mass is 395 g/mol. The van der Waals surface area contributed by atoms with E-state index >= 15 is 0 Å². The average molecular weight is 395 g/mol. The van der Waals surface area contributed by atoms with Crippen molar-refractivity contribution in [1.29, 1.82) is 0 Å². The van der Waals surface area contributed by atoms with Gasteiger partial charge in [-0.1, -0.05) is 0 Å². The summed E-state index contributed by atoms with van der Waals surface area (Å²) in [6, 6.07) is 13.2. The van der Waals surface area contributed by atoms with Gasteiger partial charge in [-0.2, -0.15) is 0 Å². The second kappa shape index (κ2) is 8.55. The highest BCUT2D eigenvalue weighted by Gasteiger charge is 2.30. The van der Waals surface area contributed by atoms with Crippen LogP contribution in [0, 0.1) is 0 Å². The summed E-state index contributed by atoms with van der Waals surface area (Å²) in [6.45, 7) is -0.431. The van der Waals surface area contributed by atoms with Gasteiger partial charge in [0.15, 0.2) is 6.61 Å². The van der Waals surface area contributed by atoms with Crippen LogP contribution in [0.3, 0.4) is 0 Å². The molecule has 8 heteroatoms. The zero-order valence-corrected chi connectivity index (χ0v) is 16.2. The maximum atomic E-state index is 12.1. The van der Waals surface area contributed by atoms with E-state index in [0.717, 1.165) is 10.6 Å². The summed E-state index contributed by atoms with van der Waals surface area (Å²) >= 11 is 0. The molecule has 0 saturated carbocycles. The van der Waals surface area contributed by atoms with E-state index in [2.05, 4.69) is 5.32 Å². The van der Waals surface area contributed by atoms with Gasteiger partial charge in [0.25, 0.3) is 5.91 Å². The number of esters is 1. The first kappa shape index (κ1) is 20.1. The van der Waals surface area contributed by atoms with Gasteiger partial charge in [-0.25, -0.2) is 4.79 Å². The van der Waals surface area contributed by atoms with Crippen molar-refractivity contribution in [2.45, 2.75) is 12.8 Å². The number of carbonyl (C=O) groups is 4. The highest BCUT2D eigenvalue weighted by Crippen LogP contribution is 2.23. The SMILES string of the molecule is CN(C)c1ccc(NC(=O)COC(=O)c2ccc(N3C(=O)CCC3=O)cc2)cc1. The lowest BCUT2D eigenvalue weighted by atomic mass is 10.2. The number of nitrogens with one attached hydrogen (secondary N) is 1. The second-order valence-corrected chi connectivity index (χ2v) is 6.74. The summed E-state index contributed by atoms with van der Waals surface area (Å²) in [5.41, 5.74) is 2.22. The van der Waals surface area contributed by atoms with Crippen LogP contribution in [0.1, 0.15) is 23.2 Å². The Balaban J connectivity index is 1.53. The van der Waals surface area contributed by atoms with Gasteiger partial charge >= 0.3 is 5.97 Å². The van der Waals surface area contributed by atoms with E-state index in [0.29, 0.717) is 11.4 Å². The largest absolute Gasteiger partial charge is 0.452 e. The van der Waals surface area contributed by atoms with Crippen LogP contribution in [-0.4, -0.2) is 44.4 Å². The van der Waals surface area contributed by atoms with Crippen LogP contribution in [0.5, 0.6) is 0 Å². The van der Waals surface area contributed by atoms with Crippen molar-refractivity contribution < 1.29 is 23.9 Å². The molecule has 1 heterocycles. The van der Waals surface area contributed by atoms with Crippen LogP contribution in [0.25, 0.3) is 0 Å². The average Bonchev–Trinajstić information content (AvgIpc) is 3.05. The highest BCUT2D eigenvalue weighted by atomic mass is 16.5. The maximum Gasteiger partial charge on any atom is 0.338 e. The third-order valence-electron chi connectivity index (χ3n) is 4.41. The van der Waals surface area contributed by atoms with Gasteiger partial charge in [-0.3, -0.25) is 19.3 Å². The predicted molar refractivity (Wildman–Crippen MR) is 108 cm³/mol. The summed E-state index contributed by atoms with van der Waals surface area (Å²) < 4.78 is 5.02. The number of amides is 3. The molecule has 2 aromatic carbocycles. The van der Waals surface area contributed by atoms with E-state index in [1.807, 2.05) is 31.1 Å². The molecule has 1 N–H and O–H groups in total. The molecule has 29 heavy (non-hydrogen) atoms. The van der Waals surface area contributed by atoms with E-state index in [4.69, 9.17) is 4.74 Å². The molecule has 2 aromatic rings. The van der Waals surface area contributed by atoms with Crippen molar-refractivity contribution in [3.05, 3.63) is 54.1 Å². The Morgan fingerprint density at radius 1 is 0.966 bits per heavy atom. The zero-order chi connectivity index (χ0) is 21.0. The molecule has 8 nitrogen and oxygen atoms in total. The van der Waals surface area contributed by atoms with Gasteiger partial charge in [0, 0.05) is 38.3 Å². The number of hydrogen-bond acceptors (Lipinski definition) is 6. The first-order chi connectivity index (χ1) is 13.8. The summed E-state index contributed by atoms with van der Waals surface area (Å²) in [5, 5.41) is 2.65. The quantitative estimate of drug-likeness (QED) is 0.595. The van der Waals surface area contributed by atoms with Crippen LogP contribution in [-0.2, 0) is 19.1 Å². The minimum atomic E-state index is -0.672. The molecule has 0 aliphatic carbocycles. The van der Waals surface area contributed by atoms with Gasteiger partial charge in [0.05, 0.1) is 11.3 Å². The summed E-state index contributed by atoms with van der Waals surface area (Å²) in [4.78, 5) is 50.7. The Hall–Kier alpha value is -3.68. The number of ether oxygens (including phenoxy) is 1. The number of hydrogen-bond donors (Lipinski definition) is 1. The van der Waals surface area contributed by atoms with E-state index in [1.165, 1.54) is 24.3 Å². The molecular formula is C21H21N3O5. The smallest absolute Gasteiger partial charge is 0.338 e. The van der Waals surface area contributed by atoms with E-state index in [1.54, 1.807) is 12.1 Å². The van der Waals surface area contributed by atoms with Gasteiger partial charge in [-0.05, 0) is 48.5 Å². The lowest BCUT2D eigenvalue weighted by Crippen LogP contribution is -2.28. The molecule has 0 unspecified atom stereocenters. The lowest BCUT2D eigenvalue weighted by Gasteiger charge is -2.14. The van der Waals surface area contributed by atoms with Crippen LogP contribution in [0.4, 0.5) is 17.1 Å². The zero-order valence-electron chi connectivity index (χ0n) is 16.2. The summed E-state index contributed by atoms with van der Waals surface area (Å²) in [7, 11) is 3.83. The first-order valence-corrected chi connectivity index (χ1v) is 9.05. The van der Waals surface area contributed by atoms with Crippen LogP contribution in [0.15, 0.2) is 48.5 Å². The van der Waals surface area contributed by atoms with Crippen molar-refractivity contribution >= 4 is 40.8 Å². The number of carbonyl (C=O) groups excluding carboxylic acids is 4. The minimum Gasteiger partial charge on any atom is -0.452 e. The lowest BCUT2D eigenvalue weighted by molar-refractivity contribution is -0.121. The standard InChI is InChI=1S/C21H21N3O5/c1-23(2)16-9-5-15(6-10-16)22-18(25)13-29-21(28)14-3-7-17(8-4-14)24-19(26)11-12-20(24)27/h3-10H,11-13H2,1-2H3,(H,22,25). The van der Waals surface area contributed by atoms with E-state index < -0.39 is 18.5 Å². The fourth-order valence-electron chi connectivity index (χ4n) is 2.87. The Bertz CT molecular complexity index is 920. The number of imide groups is 1. The molecule has 0 spiro atoms. The molecule has 1 aliphatic rings. The van der Waals surface area contributed by atoms with Crippen molar-refractivity contribution in [3.8, 4) is 0 Å². The van der Waals surface area contributed by atoms with Crippen molar-refractivity contribution in [2.24, 2.45) is 0 Å². The molecular weight excluding hydrogens is 374 g/mol. The van der Waals surface area contributed by atoms with Crippen molar-refractivity contribution in [2.75, 3.05) is 35.8 Å². The first-order valence-electron chi connectivity index (χ1n) is 9.05. The van der Waals surface area contributed by atoms with Crippen molar-refractivity contribution in [1.82, 2.24) is 0 Å². The number of benzene rings is 2. The Morgan fingerprint density at radius 2 is 1.55 bits per heavy atom. The van der Waals surface area contributed by atoms with E-state index in [9.17, 15) is 19.2 Å². The van der Waals surface area contributed by atoms with Gasteiger partial charge in [0.2, 0.25) is 11.8 Å². The normalized spacial score (nSPS) is 13.4. The Kier molecular flexibility index (Phi) is 5.92. The van der Waals surface area contributed by atoms with Crippen LogP contribution >= 0.6 is 0 Å². The van der Waals surface area contributed by atoms with Crippen LogP contribution < -0.4 is 15.1 Å². The molecule has 0 bridgehead atoms. The Morgan fingerprint density at radius 3 is 2.10 bits per heavy atom. The third-order valence-corrected chi connectivity index (χ3v) is 4.41. The molecule has 1 saturated heterocycles. The fraction of sp³-hybridized carbons (Fsp3) is 0.238. The molecule has 3 rings (SSSR count). The van der Waals surface area contributed by atoms with Gasteiger partial charge < -0.3 is 15.0 Å². The number of rotatable bonds is 6. The predicted octanol–water partition coefficient (Wildman–Crippen LogP) is 2.20. The second-order valence-electron chi connectivity index (χ2n) is 6.74. The molecule has 0 radical (unpaired) electrons. The molecule has 1 fully saturated rings. The molecule has 150 valence electrons. The van der Waals surface area contributed by atoms with Crippen molar-refractivity contribution in [3.63, 3.8) is 0 Å². The van der Waals surface area contributed by atoms with Gasteiger partial charge in [-0.15, -0.1) is 0 Å². The summed E-state index contributed by atoms with van der Waals surface area (Å²) in [5.74, 6) is -1.66. The maximum absolute atomic E-state index is 12.1. The molecule has 3 amide bonds. The third kappa shape index (κ3) is 4.78. The topological polar surface area (TPSA) is 96.0 Å².